The van der Waals surface area contributed by atoms with Gasteiger partial charge in [0.25, 0.3) is 10.1 Å². The first-order valence-corrected chi connectivity index (χ1v) is 7.98. The number of rotatable bonds is 4. The third kappa shape index (κ3) is 3.49. The number of carboxylic acids is 1. The van der Waals surface area contributed by atoms with Crippen molar-refractivity contribution in [1.29, 1.82) is 0 Å². The quantitative estimate of drug-likeness (QED) is 0.632. The molecule has 23 heavy (non-hydrogen) atoms. The zero-order chi connectivity index (χ0) is 17.3. The third-order valence-corrected chi connectivity index (χ3v) is 4.27. The molecule has 122 valence electrons. The monoisotopic (exact) mass is 338 g/mol. The lowest BCUT2D eigenvalue weighted by atomic mass is 9.86. The summed E-state index contributed by atoms with van der Waals surface area (Å²) < 4.78 is 37.4. The van der Waals surface area contributed by atoms with E-state index >= 15 is 0 Å². The van der Waals surface area contributed by atoms with Gasteiger partial charge in [0, 0.05) is 13.3 Å². The Kier molecular flexibility index (Phi) is 4.39. The number of esters is 1. The lowest BCUT2D eigenvalue weighted by molar-refractivity contribution is -0.170. The van der Waals surface area contributed by atoms with Crippen LogP contribution in [0.1, 0.15) is 18.9 Å². The molecule has 0 heterocycles. The van der Waals surface area contributed by atoms with Crippen LogP contribution in [0, 0.1) is 0 Å². The van der Waals surface area contributed by atoms with E-state index in [4.69, 9.17) is 4.74 Å². The number of carbonyl (C=O) groups excluding carboxylic acids is 1. The van der Waals surface area contributed by atoms with Crippen LogP contribution < -0.4 is 0 Å². The van der Waals surface area contributed by atoms with Crippen molar-refractivity contribution in [2.45, 2.75) is 18.9 Å². The minimum atomic E-state index is -4.57. The maximum atomic E-state index is 11.6. The van der Waals surface area contributed by atoms with Gasteiger partial charge < -0.3 is 9.84 Å². The number of carboxylic acid groups (broad SMARTS) is 1. The van der Waals surface area contributed by atoms with Gasteiger partial charge in [-0.3, -0.25) is 9.35 Å². The first-order valence-electron chi connectivity index (χ1n) is 6.54. The van der Waals surface area contributed by atoms with Crippen molar-refractivity contribution in [2.75, 3.05) is 0 Å². The van der Waals surface area contributed by atoms with Crippen LogP contribution in [-0.2, 0) is 24.4 Å². The molecule has 0 aromatic heterocycles. The van der Waals surface area contributed by atoms with Crippen molar-refractivity contribution >= 4 is 27.6 Å². The van der Waals surface area contributed by atoms with Crippen LogP contribution in [0.25, 0.3) is 5.57 Å². The zero-order valence-corrected chi connectivity index (χ0v) is 12.9. The van der Waals surface area contributed by atoms with Gasteiger partial charge in [0.1, 0.15) is 0 Å². The molecule has 0 radical (unpaired) electrons. The Morgan fingerprint density at radius 1 is 1.22 bits per heavy atom. The number of aliphatic carboxylic acids is 1. The van der Waals surface area contributed by atoms with E-state index in [0.717, 1.165) is 19.1 Å². The fourth-order valence-electron chi connectivity index (χ4n) is 2.36. The maximum Gasteiger partial charge on any atom is 0.352 e. The topological polar surface area (TPSA) is 118 Å². The summed E-state index contributed by atoms with van der Waals surface area (Å²) in [5.74, 6) is -2.26. The Morgan fingerprint density at radius 2 is 1.83 bits per heavy atom. The Morgan fingerprint density at radius 3 is 2.30 bits per heavy atom. The predicted molar refractivity (Wildman–Crippen MR) is 80.8 cm³/mol. The van der Waals surface area contributed by atoms with Crippen molar-refractivity contribution in [3.8, 4) is 0 Å². The van der Waals surface area contributed by atoms with Gasteiger partial charge in [-0.05, 0) is 23.3 Å². The molecule has 0 amide bonds. The smallest absolute Gasteiger partial charge is 0.352 e. The van der Waals surface area contributed by atoms with Gasteiger partial charge in [0.2, 0.25) is 5.60 Å². The second kappa shape index (κ2) is 5.98. The van der Waals surface area contributed by atoms with Crippen molar-refractivity contribution in [3.05, 3.63) is 53.0 Å². The van der Waals surface area contributed by atoms with E-state index in [-0.39, 0.29) is 5.57 Å². The van der Waals surface area contributed by atoms with Crippen LogP contribution >= 0.6 is 0 Å². The van der Waals surface area contributed by atoms with Crippen LogP contribution in [-0.4, -0.2) is 35.6 Å². The standard InChI is InChI=1S/C15H14O7S/c1-10(16)22-15(14(17)18)8-7-13(23(19,20)21)12(9-15)11-5-3-2-4-6-11/h2-8H,9H2,1H3,(H,17,18)(H,19,20,21). The number of ether oxygens (including phenoxy) is 1. The van der Waals surface area contributed by atoms with Crippen LogP contribution in [0.2, 0.25) is 0 Å². The molecule has 0 saturated heterocycles. The van der Waals surface area contributed by atoms with E-state index in [1.54, 1.807) is 30.3 Å². The summed E-state index contributed by atoms with van der Waals surface area (Å²) in [4.78, 5) is 22.4. The molecule has 0 fully saturated rings. The molecule has 2 N–H and O–H groups in total. The van der Waals surface area contributed by atoms with E-state index in [2.05, 4.69) is 0 Å². The van der Waals surface area contributed by atoms with Crippen molar-refractivity contribution in [1.82, 2.24) is 0 Å². The van der Waals surface area contributed by atoms with Crippen molar-refractivity contribution in [3.63, 3.8) is 0 Å². The predicted octanol–water partition coefficient (Wildman–Crippen LogP) is 1.63. The van der Waals surface area contributed by atoms with Crippen LogP contribution in [0.15, 0.2) is 47.4 Å². The average molecular weight is 338 g/mol. The van der Waals surface area contributed by atoms with Crippen LogP contribution in [0.3, 0.4) is 0 Å². The number of hydrogen-bond acceptors (Lipinski definition) is 5. The maximum absolute atomic E-state index is 11.6. The molecule has 0 spiro atoms. The molecule has 0 bridgehead atoms. The van der Waals surface area contributed by atoms with Crippen molar-refractivity contribution in [2.24, 2.45) is 0 Å². The summed E-state index contributed by atoms with van der Waals surface area (Å²) in [5, 5.41) is 9.43. The molecule has 2 rings (SSSR count). The van der Waals surface area contributed by atoms with Gasteiger partial charge in [0.15, 0.2) is 0 Å². The summed E-state index contributed by atoms with van der Waals surface area (Å²) in [7, 11) is -4.57. The molecular weight excluding hydrogens is 324 g/mol. The highest BCUT2D eigenvalue weighted by atomic mass is 32.2. The Hall–Kier alpha value is -2.45. The van der Waals surface area contributed by atoms with Gasteiger partial charge in [-0.1, -0.05) is 30.3 Å². The molecule has 1 unspecified atom stereocenters. The highest BCUT2D eigenvalue weighted by Gasteiger charge is 2.44. The van der Waals surface area contributed by atoms with Crippen LogP contribution in [0.5, 0.6) is 0 Å². The molecule has 7 nitrogen and oxygen atoms in total. The third-order valence-electron chi connectivity index (χ3n) is 3.33. The van der Waals surface area contributed by atoms with Gasteiger partial charge in [-0.25, -0.2) is 4.79 Å². The highest BCUT2D eigenvalue weighted by molar-refractivity contribution is 7.90. The second-order valence-electron chi connectivity index (χ2n) is 4.98. The largest absolute Gasteiger partial charge is 0.478 e. The number of carbonyl (C=O) groups is 2. The normalized spacial score (nSPS) is 21.1. The molecule has 1 atom stereocenters. The van der Waals surface area contributed by atoms with Crippen molar-refractivity contribution < 1.29 is 32.4 Å². The van der Waals surface area contributed by atoms with E-state index in [9.17, 15) is 27.7 Å². The summed E-state index contributed by atoms with van der Waals surface area (Å²) in [6.45, 7) is 1.06. The highest BCUT2D eigenvalue weighted by Crippen LogP contribution is 2.38. The molecular formula is C15H14O7S. The zero-order valence-electron chi connectivity index (χ0n) is 12.1. The lowest BCUT2D eigenvalue weighted by Crippen LogP contribution is -2.43. The van der Waals surface area contributed by atoms with E-state index in [1.807, 2.05) is 0 Å². The Bertz CT molecular complexity index is 805. The average Bonchev–Trinajstić information content (AvgIpc) is 2.46. The first kappa shape index (κ1) is 16.9. The summed E-state index contributed by atoms with van der Waals surface area (Å²) >= 11 is 0. The lowest BCUT2D eigenvalue weighted by Gasteiger charge is -2.30. The van der Waals surface area contributed by atoms with E-state index < -0.39 is 39.0 Å². The van der Waals surface area contributed by atoms with E-state index in [1.165, 1.54) is 0 Å². The second-order valence-corrected chi connectivity index (χ2v) is 6.37. The first-order chi connectivity index (χ1) is 10.7. The molecule has 1 aromatic carbocycles. The molecule has 8 heteroatoms. The summed E-state index contributed by atoms with van der Waals surface area (Å²) in [6.07, 6.45) is 1.47. The number of benzene rings is 1. The Labute approximate surface area is 132 Å². The molecule has 1 aliphatic carbocycles. The van der Waals surface area contributed by atoms with Gasteiger partial charge in [-0.2, -0.15) is 8.42 Å². The molecule has 0 aliphatic heterocycles. The fourth-order valence-corrected chi connectivity index (χ4v) is 3.10. The number of allylic oxidation sites excluding steroid dienone is 1. The Balaban J connectivity index is 2.64. The van der Waals surface area contributed by atoms with Gasteiger partial charge in [0.05, 0.1) is 4.91 Å². The van der Waals surface area contributed by atoms with Gasteiger partial charge in [-0.15, -0.1) is 0 Å². The molecule has 1 aromatic rings. The molecule has 0 saturated carbocycles. The summed E-state index contributed by atoms with van der Waals surface area (Å²) in [6, 6.07) is 8.11. The SMILES string of the molecule is CC(=O)OC1(C(=O)O)C=CC(S(=O)(=O)O)=C(c2ccccc2)C1. The summed E-state index contributed by atoms with van der Waals surface area (Å²) in [5.41, 5.74) is -1.56. The van der Waals surface area contributed by atoms with Crippen LogP contribution in [0.4, 0.5) is 0 Å². The van der Waals surface area contributed by atoms with E-state index in [0.29, 0.717) is 5.56 Å². The minimum Gasteiger partial charge on any atom is -0.478 e. The fraction of sp³-hybridized carbons (Fsp3) is 0.200. The number of hydrogen-bond donors (Lipinski definition) is 2. The molecule has 1 aliphatic rings. The minimum absolute atomic E-state index is 0.0549. The van der Waals surface area contributed by atoms with Gasteiger partial charge >= 0.3 is 11.9 Å².